The first kappa shape index (κ1) is 23.7. The molecule has 32 heavy (non-hydrogen) atoms. The van der Waals surface area contributed by atoms with Gasteiger partial charge in [-0.2, -0.15) is 0 Å². The summed E-state index contributed by atoms with van der Waals surface area (Å²) in [4.78, 5) is 12.7. The van der Waals surface area contributed by atoms with Crippen molar-refractivity contribution >= 4 is 43.2 Å². The highest BCUT2D eigenvalue weighted by atomic mass is 79.9. The molecule has 0 unspecified atom stereocenters. The summed E-state index contributed by atoms with van der Waals surface area (Å²) in [6.07, 6.45) is 0. The van der Waals surface area contributed by atoms with Crippen molar-refractivity contribution in [3.05, 3.63) is 82.6 Å². The standard InChI is InChI=1S/C23H22BrFN2O4S/c1-3-31-19-9-11-20(12-10-19)32(29,30)27(18-7-4-16(2)5-8-18)15-23(28)26-22-13-6-17(24)14-21(22)25/h4-14H,3,15H2,1-2H3,(H,26,28). The number of rotatable bonds is 8. The number of halogens is 2. The second-order valence-electron chi connectivity index (χ2n) is 6.92. The van der Waals surface area contributed by atoms with E-state index < -0.39 is 28.3 Å². The number of sulfonamides is 1. The molecule has 0 aliphatic heterocycles. The Labute approximate surface area is 195 Å². The van der Waals surface area contributed by atoms with E-state index in [2.05, 4.69) is 21.2 Å². The summed E-state index contributed by atoms with van der Waals surface area (Å²) < 4.78 is 47.8. The molecule has 1 N–H and O–H groups in total. The summed E-state index contributed by atoms with van der Waals surface area (Å²) in [5.74, 6) is -0.776. The van der Waals surface area contributed by atoms with Crippen molar-refractivity contribution in [3.63, 3.8) is 0 Å². The van der Waals surface area contributed by atoms with Gasteiger partial charge in [0, 0.05) is 4.47 Å². The van der Waals surface area contributed by atoms with E-state index in [4.69, 9.17) is 4.74 Å². The molecule has 168 valence electrons. The van der Waals surface area contributed by atoms with Gasteiger partial charge < -0.3 is 10.1 Å². The van der Waals surface area contributed by atoms with Crippen molar-refractivity contribution in [2.24, 2.45) is 0 Å². The topological polar surface area (TPSA) is 75.7 Å². The molecule has 6 nitrogen and oxygen atoms in total. The van der Waals surface area contributed by atoms with Crippen LogP contribution >= 0.6 is 15.9 Å². The Bertz CT molecular complexity index is 1200. The minimum absolute atomic E-state index is 0.00384. The van der Waals surface area contributed by atoms with Gasteiger partial charge in [-0.15, -0.1) is 0 Å². The van der Waals surface area contributed by atoms with E-state index in [9.17, 15) is 17.6 Å². The zero-order chi connectivity index (χ0) is 23.3. The molecule has 0 fully saturated rings. The second-order valence-corrected chi connectivity index (χ2v) is 9.70. The summed E-state index contributed by atoms with van der Waals surface area (Å²) in [5.41, 5.74) is 1.21. The summed E-state index contributed by atoms with van der Waals surface area (Å²) in [6.45, 7) is 3.62. The molecule has 0 aliphatic rings. The predicted molar refractivity (Wildman–Crippen MR) is 126 cm³/mol. The molecule has 0 atom stereocenters. The number of nitrogens with one attached hydrogen (secondary N) is 1. The van der Waals surface area contributed by atoms with E-state index >= 15 is 0 Å². The highest BCUT2D eigenvalue weighted by Gasteiger charge is 2.27. The van der Waals surface area contributed by atoms with Crippen molar-refractivity contribution < 1.29 is 22.3 Å². The maximum Gasteiger partial charge on any atom is 0.264 e. The van der Waals surface area contributed by atoms with Crippen LogP contribution in [0.4, 0.5) is 15.8 Å². The molecule has 0 spiro atoms. The number of ether oxygens (including phenoxy) is 1. The molecule has 1 amide bonds. The first-order valence-corrected chi connectivity index (χ1v) is 12.0. The fourth-order valence-electron chi connectivity index (χ4n) is 2.94. The summed E-state index contributed by atoms with van der Waals surface area (Å²) in [6, 6.07) is 16.9. The second kappa shape index (κ2) is 10.1. The molecule has 0 radical (unpaired) electrons. The van der Waals surface area contributed by atoms with Crippen molar-refractivity contribution in [2.75, 3.05) is 22.8 Å². The van der Waals surface area contributed by atoms with Gasteiger partial charge >= 0.3 is 0 Å². The zero-order valence-corrected chi connectivity index (χ0v) is 19.9. The molecule has 3 rings (SSSR count). The number of hydrogen-bond donors (Lipinski definition) is 1. The maximum absolute atomic E-state index is 14.1. The van der Waals surface area contributed by atoms with Crippen LogP contribution in [0.25, 0.3) is 0 Å². The molecule has 9 heteroatoms. The molecule has 0 aliphatic carbocycles. The molecule has 0 heterocycles. The Morgan fingerprint density at radius 3 is 2.31 bits per heavy atom. The third-order valence-corrected chi connectivity index (χ3v) is 6.82. The van der Waals surface area contributed by atoms with Crippen molar-refractivity contribution in [2.45, 2.75) is 18.7 Å². The van der Waals surface area contributed by atoms with Gasteiger partial charge in [-0.25, -0.2) is 12.8 Å². The van der Waals surface area contributed by atoms with Gasteiger partial charge in [-0.1, -0.05) is 33.6 Å². The molecule has 3 aromatic carbocycles. The molecule has 3 aromatic rings. The molecular weight excluding hydrogens is 499 g/mol. The Morgan fingerprint density at radius 1 is 1.06 bits per heavy atom. The average molecular weight is 521 g/mol. The number of nitrogens with zero attached hydrogens (tertiary/aromatic N) is 1. The number of aryl methyl sites for hydroxylation is 1. The highest BCUT2D eigenvalue weighted by Crippen LogP contribution is 2.26. The summed E-state index contributed by atoms with van der Waals surface area (Å²) in [5, 5.41) is 2.44. The molecule has 0 saturated carbocycles. The first-order valence-electron chi connectivity index (χ1n) is 9.78. The van der Waals surface area contributed by atoms with E-state index in [1.165, 1.54) is 24.3 Å². The van der Waals surface area contributed by atoms with Crippen LogP contribution in [-0.2, 0) is 14.8 Å². The number of hydrogen-bond acceptors (Lipinski definition) is 4. The van der Waals surface area contributed by atoms with Crippen LogP contribution in [0, 0.1) is 12.7 Å². The lowest BCUT2D eigenvalue weighted by Crippen LogP contribution is -2.38. The van der Waals surface area contributed by atoms with Gasteiger partial charge in [0.05, 0.1) is 22.9 Å². The van der Waals surface area contributed by atoms with Crippen molar-refractivity contribution in [1.82, 2.24) is 0 Å². The van der Waals surface area contributed by atoms with Crippen LogP contribution < -0.4 is 14.4 Å². The van der Waals surface area contributed by atoms with Gasteiger partial charge in [0.2, 0.25) is 5.91 Å². The van der Waals surface area contributed by atoms with Crippen LogP contribution in [0.2, 0.25) is 0 Å². The lowest BCUT2D eigenvalue weighted by Gasteiger charge is -2.24. The minimum Gasteiger partial charge on any atom is -0.494 e. The van der Waals surface area contributed by atoms with Gasteiger partial charge in [-0.05, 0) is 68.4 Å². The van der Waals surface area contributed by atoms with E-state index in [-0.39, 0.29) is 10.6 Å². The van der Waals surface area contributed by atoms with E-state index in [0.29, 0.717) is 22.5 Å². The fraction of sp³-hybridized carbons (Fsp3) is 0.174. The van der Waals surface area contributed by atoms with Crippen LogP contribution in [0.15, 0.2) is 76.1 Å². The van der Waals surface area contributed by atoms with Crippen LogP contribution in [0.5, 0.6) is 5.75 Å². The highest BCUT2D eigenvalue weighted by molar-refractivity contribution is 9.10. The van der Waals surface area contributed by atoms with Crippen molar-refractivity contribution in [1.29, 1.82) is 0 Å². The summed E-state index contributed by atoms with van der Waals surface area (Å²) in [7, 11) is -4.09. The van der Waals surface area contributed by atoms with E-state index in [0.717, 1.165) is 9.87 Å². The maximum atomic E-state index is 14.1. The molecule has 0 saturated heterocycles. The molecular formula is C23H22BrFN2O4S. The number of anilines is 2. The van der Waals surface area contributed by atoms with Crippen LogP contribution in [0.3, 0.4) is 0 Å². The van der Waals surface area contributed by atoms with Gasteiger partial charge in [0.25, 0.3) is 10.0 Å². The Hall–Kier alpha value is -2.91. The smallest absolute Gasteiger partial charge is 0.264 e. The predicted octanol–water partition coefficient (Wildman–Crippen LogP) is 5.13. The lowest BCUT2D eigenvalue weighted by atomic mass is 10.2. The summed E-state index contributed by atoms with van der Waals surface area (Å²) >= 11 is 3.16. The lowest BCUT2D eigenvalue weighted by molar-refractivity contribution is -0.114. The minimum atomic E-state index is -4.09. The fourth-order valence-corrected chi connectivity index (χ4v) is 4.69. The van der Waals surface area contributed by atoms with Gasteiger partial charge in [-0.3, -0.25) is 9.10 Å². The Balaban J connectivity index is 1.92. The number of carbonyl (C=O) groups excluding carboxylic acids is 1. The monoisotopic (exact) mass is 520 g/mol. The normalized spacial score (nSPS) is 11.1. The Morgan fingerprint density at radius 2 is 1.72 bits per heavy atom. The van der Waals surface area contributed by atoms with E-state index in [1.807, 2.05) is 13.8 Å². The Kier molecular flexibility index (Phi) is 7.52. The van der Waals surface area contributed by atoms with E-state index in [1.54, 1.807) is 42.5 Å². The average Bonchev–Trinajstić information content (AvgIpc) is 2.75. The first-order chi connectivity index (χ1) is 15.2. The number of amides is 1. The molecule has 0 bridgehead atoms. The number of benzene rings is 3. The third kappa shape index (κ3) is 5.66. The zero-order valence-electron chi connectivity index (χ0n) is 17.5. The van der Waals surface area contributed by atoms with Crippen LogP contribution in [0.1, 0.15) is 12.5 Å². The molecule has 0 aromatic heterocycles. The largest absolute Gasteiger partial charge is 0.494 e. The van der Waals surface area contributed by atoms with Crippen molar-refractivity contribution in [3.8, 4) is 5.75 Å². The van der Waals surface area contributed by atoms with Gasteiger partial charge in [0.15, 0.2) is 0 Å². The third-order valence-electron chi connectivity index (χ3n) is 4.54. The quantitative estimate of drug-likeness (QED) is 0.446. The SMILES string of the molecule is CCOc1ccc(S(=O)(=O)N(CC(=O)Nc2ccc(Br)cc2F)c2ccc(C)cc2)cc1. The number of carbonyl (C=O) groups is 1. The van der Waals surface area contributed by atoms with Crippen LogP contribution in [-0.4, -0.2) is 27.5 Å². The van der Waals surface area contributed by atoms with Gasteiger partial charge in [0.1, 0.15) is 18.1 Å².